The SMILES string of the molecule is CN(Cc1ccc(Cl)c(C#N)c1)C(=O)Cn1cnc2ccc(N3CCN(CC4CCC(=O)C4)CC3)cc2c1=O. The predicted octanol–water partition coefficient (Wildman–Crippen LogP) is 3.07. The lowest BCUT2D eigenvalue weighted by atomic mass is 10.1. The second-order valence-electron chi connectivity index (χ2n) is 10.5. The maximum Gasteiger partial charge on any atom is 0.261 e. The van der Waals surface area contributed by atoms with Crippen LogP contribution < -0.4 is 10.5 Å². The zero-order chi connectivity index (χ0) is 27.5. The number of ketones is 1. The summed E-state index contributed by atoms with van der Waals surface area (Å²) in [5.41, 5.74) is 2.43. The molecule has 1 aliphatic heterocycles. The maximum atomic E-state index is 13.3. The van der Waals surface area contributed by atoms with E-state index in [4.69, 9.17) is 11.6 Å². The molecule has 3 aromatic rings. The second-order valence-corrected chi connectivity index (χ2v) is 10.9. The molecular weight excluding hydrogens is 516 g/mol. The van der Waals surface area contributed by atoms with Gasteiger partial charge >= 0.3 is 0 Å². The number of halogens is 1. The van der Waals surface area contributed by atoms with Crippen molar-refractivity contribution in [2.75, 3.05) is 44.7 Å². The van der Waals surface area contributed by atoms with Crippen molar-refractivity contribution in [3.8, 4) is 6.07 Å². The Bertz CT molecular complexity index is 1510. The summed E-state index contributed by atoms with van der Waals surface area (Å²) < 4.78 is 1.34. The van der Waals surface area contributed by atoms with E-state index in [9.17, 15) is 19.6 Å². The van der Waals surface area contributed by atoms with Gasteiger partial charge in [0.25, 0.3) is 5.56 Å². The van der Waals surface area contributed by atoms with Crippen LogP contribution in [0.3, 0.4) is 0 Å². The van der Waals surface area contributed by atoms with E-state index >= 15 is 0 Å². The summed E-state index contributed by atoms with van der Waals surface area (Å²) in [5.74, 6) is 0.623. The zero-order valence-electron chi connectivity index (χ0n) is 22.0. The van der Waals surface area contributed by atoms with Crippen molar-refractivity contribution in [1.29, 1.82) is 5.26 Å². The number of hydrogen-bond acceptors (Lipinski definition) is 7. The number of carbonyl (C=O) groups excluding carboxylic acids is 2. The monoisotopic (exact) mass is 546 g/mol. The first-order valence-corrected chi connectivity index (χ1v) is 13.6. The van der Waals surface area contributed by atoms with Crippen LogP contribution in [-0.4, -0.2) is 70.8 Å². The van der Waals surface area contributed by atoms with Gasteiger partial charge in [-0.25, -0.2) is 4.98 Å². The standard InChI is InChI=1S/C29H31ClN6O3/c1-33(16-20-3-6-26(30)22(12-20)15-31)28(38)18-36-19-32-27-7-4-23(14-25(27)29(36)39)35-10-8-34(9-11-35)17-21-2-5-24(37)13-21/h3-4,6-7,12,14,19,21H,2,5,8-11,13,16-18H2,1H3. The highest BCUT2D eigenvalue weighted by atomic mass is 35.5. The minimum atomic E-state index is -0.258. The average Bonchev–Trinajstić information content (AvgIpc) is 3.35. The van der Waals surface area contributed by atoms with E-state index in [0.717, 1.165) is 56.8 Å². The Kier molecular flexibility index (Phi) is 7.96. The number of amides is 1. The van der Waals surface area contributed by atoms with Gasteiger partial charge in [-0.1, -0.05) is 17.7 Å². The number of carbonyl (C=O) groups is 2. The first-order chi connectivity index (χ1) is 18.8. The van der Waals surface area contributed by atoms with Gasteiger partial charge in [-0.15, -0.1) is 0 Å². The number of benzene rings is 2. The fourth-order valence-corrected chi connectivity index (χ4v) is 5.60. The molecule has 1 amide bonds. The van der Waals surface area contributed by atoms with Gasteiger partial charge in [0.15, 0.2) is 0 Å². The van der Waals surface area contributed by atoms with Gasteiger partial charge in [-0.05, 0) is 48.2 Å². The highest BCUT2D eigenvalue weighted by Gasteiger charge is 2.26. The van der Waals surface area contributed by atoms with Crippen LogP contribution in [0, 0.1) is 17.2 Å². The maximum absolute atomic E-state index is 13.3. The molecule has 1 aliphatic carbocycles. The van der Waals surface area contributed by atoms with Gasteiger partial charge in [-0.2, -0.15) is 5.26 Å². The van der Waals surface area contributed by atoms with Crippen LogP contribution >= 0.6 is 11.6 Å². The Morgan fingerprint density at radius 3 is 2.67 bits per heavy atom. The molecule has 0 bridgehead atoms. The second kappa shape index (κ2) is 11.6. The van der Waals surface area contributed by atoms with E-state index < -0.39 is 0 Å². The van der Waals surface area contributed by atoms with Crippen LogP contribution in [0.2, 0.25) is 5.02 Å². The van der Waals surface area contributed by atoms with Gasteiger partial charge in [0.2, 0.25) is 5.91 Å². The molecule has 1 aromatic heterocycles. The van der Waals surface area contributed by atoms with Crippen molar-refractivity contribution in [3.05, 3.63) is 69.2 Å². The normalized spacial score (nSPS) is 17.9. The van der Waals surface area contributed by atoms with E-state index in [1.807, 2.05) is 24.3 Å². The number of nitrogens with zero attached hydrogens (tertiary/aromatic N) is 6. The van der Waals surface area contributed by atoms with Gasteiger partial charge in [0.05, 0.1) is 27.8 Å². The summed E-state index contributed by atoms with van der Waals surface area (Å²) in [5, 5.41) is 10.0. The summed E-state index contributed by atoms with van der Waals surface area (Å²) in [6.07, 6.45) is 3.86. The fourth-order valence-electron chi connectivity index (χ4n) is 5.44. The lowest BCUT2D eigenvalue weighted by Crippen LogP contribution is -2.47. The Morgan fingerprint density at radius 1 is 1.15 bits per heavy atom. The third kappa shape index (κ3) is 6.13. The molecule has 1 saturated carbocycles. The molecule has 1 unspecified atom stereocenters. The molecule has 1 atom stereocenters. The first kappa shape index (κ1) is 26.9. The summed E-state index contributed by atoms with van der Waals surface area (Å²) in [4.78, 5) is 48.5. The van der Waals surface area contributed by atoms with Crippen molar-refractivity contribution in [3.63, 3.8) is 0 Å². The number of piperazine rings is 1. The van der Waals surface area contributed by atoms with E-state index in [0.29, 0.717) is 39.6 Å². The highest BCUT2D eigenvalue weighted by Crippen LogP contribution is 2.25. The first-order valence-electron chi connectivity index (χ1n) is 13.2. The van der Waals surface area contributed by atoms with E-state index in [1.54, 1.807) is 25.2 Å². The quantitative estimate of drug-likeness (QED) is 0.448. The molecule has 2 fully saturated rings. The van der Waals surface area contributed by atoms with Crippen molar-refractivity contribution in [2.45, 2.75) is 32.4 Å². The smallest absolute Gasteiger partial charge is 0.261 e. The Morgan fingerprint density at radius 2 is 1.95 bits per heavy atom. The third-order valence-electron chi connectivity index (χ3n) is 7.71. The molecule has 2 aromatic carbocycles. The number of fused-ring (bicyclic) bond motifs is 1. The Hall–Kier alpha value is -3.74. The number of Topliss-reactive ketones (excluding diaryl/α,β-unsaturated/α-hetero) is 1. The van der Waals surface area contributed by atoms with Crippen molar-refractivity contribution in [1.82, 2.24) is 19.4 Å². The fraction of sp³-hybridized carbons (Fsp3) is 0.414. The van der Waals surface area contributed by atoms with Gasteiger partial charge in [0.1, 0.15) is 18.4 Å². The van der Waals surface area contributed by atoms with E-state index in [-0.39, 0.29) is 24.6 Å². The number of anilines is 1. The summed E-state index contributed by atoms with van der Waals surface area (Å²) in [6.45, 7) is 4.67. The summed E-state index contributed by atoms with van der Waals surface area (Å²) >= 11 is 6.01. The molecule has 5 rings (SSSR count). The molecule has 39 heavy (non-hydrogen) atoms. The molecule has 0 spiro atoms. The number of likely N-dealkylation sites (N-methyl/N-ethyl adjacent to an activating group) is 1. The van der Waals surface area contributed by atoms with Crippen LogP contribution in [0.5, 0.6) is 0 Å². The van der Waals surface area contributed by atoms with Crippen LogP contribution in [-0.2, 0) is 22.7 Å². The molecule has 202 valence electrons. The number of rotatable bonds is 7. The predicted molar refractivity (Wildman–Crippen MR) is 150 cm³/mol. The van der Waals surface area contributed by atoms with Crippen LogP contribution in [0.25, 0.3) is 10.9 Å². The van der Waals surface area contributed by atoms with Gasteiger partial charge < -0.3 is 9.80 Å². The molecule has 1 saturated heterocycles. The van der Waals surface area contributed by atoms with Crippen molar-refractivity contribution in [2.24, 2.45) is 5.92 Å². The van der Waals surface area contributed by atoms with Crippen molar-refractivity contribution < 1.29 is 9.59 Å². The summed E-state index contributed by atoms with van der Waals surface area (Å²) in [6, 6.07) is 12.8. The van der Waals surface area contributed by atoms with E-state index in [1.165, 1.54) is 15.8 Å². The number of hydrogen-bond donors (Lipinski definition) is 0. The molecule has 2 aliphatic rings. The van der Waals surface area contributed by atoms with Crippen molar-refractivity contribution >= 4 is 39.9 Å². The molecule has 9 nitrogen and oxygen atoms in total. The lowest BCUT2D eigenvalue weighted by molar-refractivity contribution is -0.131. The highest BCUT2D eigenvalue weighted by molar-refractivity contribution is 6.31. The number of aromatic nitrogens is 2. The Balaban J connectivity index is 1.24. The lowest BCUT2D eigenvalue weighted by Gasteiger charge is -2.37. The molecule has 2 heterocycles. The van der Waals surface area contributed by atoms with Gasteiger partial charge in [0, 0.05) is 64.8 Å². The topological polar surface area (TPSA) is 103 Å². The van der Waals surface area contributed by atoms with Gasteiger partial charge in [-0.3, -0.25) is 23.9 Å². The molecule has 0 radical (unpaired) electrons. The number of nitriles is 1. The third-order valence-corrected chi connectivity index (χ3v) is 8.04. The Labute approximate surface area is 232 Å². The van der Waals surface area contributed by atoms with Crippen LogP contribution in [0.15, 0.2) is 47.5 Å². The minimum absolute atomic E-state index is 0.135. The van der Waals surface area contributed by atoms with Crippen LogP contribution in [0.1, 0.15) is 30.4 Å². The van der Waals surface area contributed by atoms with E-state index in [2.05, 4.69) is 14.8 Å². The largest absolute Gasteiger partial charge is 0.369 e. The summed E-state index contributed by atoms with van der Waals surface area (Å²) in [7, 11) is 1.66. The molecular formula is C29H31ClN6O3. The average molecular weight is 547 g/mol. The zero-order valence-corrected chi connectivity index (χ0v) is 22.7. The molecule has 0 N–H and O–H groups in total. The molecule has 10 heteroatoms. The minimum Gasteiger partial charge on any atom is -0.369 e. The van der Waals surface area contributed by atoms with Crippen LogP contribution in [0.4, 0.5) is 5.69 Å².